The molecule has 0 radical (unpaired) electrons. The van der Waals surface area contributed by atoms with Gasteiger partial charge in [-0.3, -0.25) is 9.78 Å². The minimum atomic E-state index is -1.61. The molecule has 1 saturated heterocycles. The number of alkyl halides is 1. The first-order chi connectivity index (χ1) is 16.7. The number of carbonyl (C=O) groups is 1. The number of aliphatic hydroxyl groups is 1. The van der Waals surface area contributed by atoms with E-state index >= 15 is 0 Å². The summed E-state index contributed by atoms with van der Waals surface area (Å²) in [4.78, 5) is 19.7. The van der Waals surface area contributed by atoms with Gasteiger partial charge in [-0.2, -0.15) is 10.4 Å². The first-order valence-corrected chi connectivity index (χ1v) is 11.6. The molecule has 3 aromatic heterocycles. The Morgan fingerprint density at radius 3 is 2.89 bits per heavy atom. The molecule has 1 aliphatic rings. The largest absolute Gasteiger partial charge is 0.387 e. The maximum absolute atomic E-state index is 14.2. The number of anilines is 1. The highest BCUT2D eigenvalue weighted by atomic mass is 19.1. The quantitative estimate of drug-likeness (QED) is 0.477. The Balaban J connectivity index is 1.66. The molecular weight excluding hydrogens is 449 g/mol. The van der Waals surface area contributed by atoms with Gasteiger partial charge in [0.05, 0.1) is 52.1 Å². The summed E-state index contributed by atoms with van der Waals surface area (Å²) in [5, 5.41) is 29.4. The number of halogens is 1. The number of likely N-dealkylation sites (N-methyl/N-ethyl adjacent to an activating group) is 1. The van der Waals surface area contributed by atoms with Crippen LogP contribution in [0, 0.1) is 11.3 Å². The second-order valence-corrected chi connectivity index (χ2v) is 9.60. The minimum Gasteiger partial charge on any atom is -0.387 e. The second kappa shape index (κ2) is 9.98. The molecule has 0 bridgehead atoms. The van der Waals surface area contributed by atoms with Crippen molar-refractivity contribution >= 4 is 17.1 Å². The Labute approximate surface area is 203 Å². The van der Waals surface area contributed by atoms with Crippen LogP contribution in [0.3, 0.4) is 0 Å². The van der Waals surface area contributed by atoms with Crippen LogP contribution in [-0.4, -0.2) is 75.0 Å². The lowest BCUT2D eigenvalue weighted by molar-refractivity contribution is -0.00177. The normalized spacial score (nSPS) is 17.7. The molecule has 1 amide bonds. The SMILES string of the molecule is CN1CCC[C@H](Nc2cc(-c3ccc4cc(C#N)cnn34)ncc2C(=O)NC[C@@H](F)C(C)(C)O)C1. The van der Waals surface area contributed by atoms with Gasteiger partial charge in [-0.05, 0) is 64.5 Å². The number of aromatic nitrogens is 3. The molecule has 1 fully saturated rings. The molecule has 0 aliphatic carbocycles. The number of nitrogens with zero attached hydrogens (tertiary/aromatic N) is 5. The Hall–Kier alpha value is -3.55. The Kier molecular flexibility index (Phi) is 7.00. The molecule has 10 heteroatoms. The number of likely N-dealkylation sites (tertiary alicyclic amines) is 1. The topological polar surface area (TPSA) is 119 Å². The third kappa shape index (κ3) is 5.58. The predicted molar refractivity (Wildman–Crippen MR) is 131 cm³/mol. The second-order valence-electron chi connectivity index (χ2n) is 9.60. The molecule has 4 rings (SSSR count). The molecule has 3 aromatic rings. The molecule has 2 atom stereocenters. The number of fused-ring (bicyclic) bond motifs is 1. The number of hydrogen-bond acceptors (Lipinski definition) is 7. The van der Waals surface area contributed by atoms with Crippen LogP contribution in [0.5, 0.6) is 0 Å². The highest BCUT2D eigenvalue weighted by molar-refractivity contribution is 6.00. The van der Waals surface area contributed by atoms with Crippen LogP contribution >= 0.6 is 0 Å². The smallest absolute Gasteiger partial charge is 0.255 e. The van der Waals surface area contributed by atoms with Crippen molar-refractivity contribution < 1.29 is 14.3 Å². The highest BCUT2D eigenvalue weighted by Gasteiger charge is 2.28. The van der Waals surface area contributed by atoms with Gasteiger partial charge in [0.15, 0.2) is 0 Å². The molecule has 9 nitrogen and oxygen atoms in total. The van der Waals surface area contributed by atoms with Gasteiger partial charge in [0.1, 0.15) is 12.2 Å². The van der Waals surface area contributed by atoms with Crippen molar-refractivity contribution in [2.24, 2.45) is 0 Å². The summed E-state index contributed by atoms with van der Waals surface area (Å²) < 4.78 is 15.9. The summed E-state index contributed by atoms with van der Waals surface area (Å²) >= 11 is 0. The van der Waals surface area contributed by atoms with Crippen LogP contribution < -0.4 is 10.6 Å². The van der Waals surface area contributed by atoms with Crippen molar-refractivity contribution in [2.75, 3.05) is 32.0 Å². The monoisotopic (exact) mass is 479 g/mol. The van der Waals surface area contributed by atoms with Gasteiger partial charge in [0.2, 0.25) is 0 Å². The summed E-state index contributed by atoms with van der Waals surface area (Å²) in [5.74, 6) is -0.473. The third-order valence-corrected chi connectivity index (χ3v) is 6.23. The average molecular weight is 480 g/mol. The van der Waals surface area contributed by atoms with E-state index in [1.165, 1.54) is 26.2 Å². The lowest BCUT2D eigenvalue weighted by atomic mass is 10.0. The van der Waals surface area contributed by atoms with E-state index in [-0.39, 0.29) is 12.6 Å². The van der Waals surface area contributed by atoms with Crippen molar-refractivity contribution in [3.05, 3.63) is 47.8 Å². The molecule has 3 N–H and O–H groups in total. The summed E-state index contributed by atoms with van der Waals surface area (Å²) in [6.45, 7) is 4.26. The minimum absolute atomic E-state index is 0.140. The van der Waals surface area contributed by atoms with E-state index in [4.69, 9.17) is 5.26 Å². The standard InChI is InChI=1S/C25H30FN7O2/c1-25(2,35)23(26)14-29-24(34)19-13-28-21(10-20(19)31-17-5-4-8-32(3)15-17)22-7-6-18-9-16(11-27)12-30-33(18)22/h6-7,9-10,12-13,17,23,35H,4-5,8,14-15H2,1-3H3,(H,28,31)(H,29,34)/t17-,23+/m0/s1. The van der Waals surface area contributed by atoms with E-state index in [1.54, 1.807) is 16.6 Å². The zero-order chi connectivity index (χ0) is 25.2. The molecule has 1 aliphatic heterocycles. The van der Waals surface area contributed by atoms with Gasteiger partial charge in [-0.15, -0.1) is 0 Å². The van der Waals surface area contributed by atoms with Gasteiger partial charge < -0.3 is 20.6 Å². The van der Waals surface area contributed by atoms with Gasteiger partial charge in [0, 0.05) is 18.8 Å². The Morgan fingerprint density at radius 2 is 2.17 bits per heavy atom. The number of rotatable bonds is 7. The lowest BCUT2D eigenvalue weighted by Crippen LogP contribution is -2.42. The molecule has 4 heterocycles. The summed E-state index contributed by atoms with van der Waals surface area (Å²) in [6, 6.07) is 9.48. The number of nitriles is 1. The number of piperidine rings is 1. The molecule has 0 saturated carbocycles. The number of pyridine rings is 1. The van der Waals surface area contributed by atoms with E-state index in [1.807, 2.05) is 12.1 Å². The highest BCUT2D eigenvalue weighted by Crippen LogP contribution is 2.27. The Bertz CT molecular complexity index is 1260. The van der Waals surface area contributed by atoms with E-state index in [0.29, 0.717) is 28.2 Å². The van der Waals surface area contributed by atoms with Crippen LogP contribution in [-0.2, 0) is 0 Å². The van der Waals surface area contributed by atoms with Crippen LogP contribution in [0.4, 0.5) is 10.1 Å². The van der Waals surface area contributed by atoms with Crippen molar-refractivity contribution in [1.29, 1.82) is 5.26 Å². The zero-order valence-electron chi connectivity index (χ0n) is 20.1. The zero-order valence-corrected chi connectivity index (χ0v) is 20.1. The molecular formula is C25H30FN7O2. The number of nitrogens with one attached hydrogen (secondary N) is 2. The van der Waals surface area contributed by atoms with Gasteiger partial charge >= 0.3 is 0 Å². The first-order valence-electron chi connectivity index (χ1n) is 11.6. The maximum atomic E-state index is 14.2. The van der Waals surface area contributed by atoms with Crippen LogP contribution in [0.25, 0.3) is 16.9 Å². The fourth-order valence-corrected chi connectivity index (χ4v) is 4.18. The van der Waals surface area contributed by atoms with E-state index in [9.17, 15) is 14.3 Å². The molecule has 184 valence electrons. The maximum Gasteiger partial charge on any atom is 0.255 e. The van der Waals surface area contributed by atoms with Crippen LogP contribution in [0.1, 0.15) is 42.6 Å². The lowest BCUT2D eigenvalue weighted by Gasteiger charge is -2.31. The van der Waals surface area contributed by atoms with Crippen molar-refractivity contribution in [3.63, 3.8) is 0 Å². The van der Waals surface area contributed by atoms with E-state index in [2.05, 4.69) is 38.7 Å². The molecule has 0 aromatic carbocycles. The average Bonchev–Trinajstić information content (AvgIpc) is 3.25. The van der Waals surface area contributed by atoms with E-state index in [0.717, 1.165) is 31.4 Å². The predicted octanol–water partition coefficient (Wildman–Crippen LogP) is 2.61. The molecule has 35 heavy (non-hydrogen) atoms. The molecule has 0 unspecified atom stereocenters. The van der Waals surface area contributed by atoms with Gasteiger partial charge in [0.25, 0.3) is 5.91 Å². The molecule has 0 spiro atoms. The number of carbonyl (C=O) groups excluding carboxylic acids is 1. The van der Waals surface area contributed by atoms with Crippen molar-refractivity contribution in [1.82, 2.24) is 24.8 Å². The summed E-state index contributed by atoms with van der Waals surface area (Å²) in [7, 11) is 2.06. The number of hydrogen-bond donors (Lipinski definition) is 3. The van der Waals surface area contributed by atoms with Crippen LogP contribution in [0.2, 0.25) is 0 Å². The fraction of sp³-hybridized carbons (Fsp3) is 0.440. The Morgan fingerprint density at radius 1 is 1.37 bits per heavy atom. The third-order valence-electron chi connectivity index (χ3n) is 6.23. The first kappa shape index (κ1) is 24.6. The van der Waals surface area contributed by atoms with Crippen molar-refractivity contribution in [3.8, 4) is 17.5 Å². The van der Waals surface area contributed by atoms with Gasteiger partial charge in [-0.1, -0.05) is 0 Å². The summed E-state index contributed by atoms with van der Waals surface area (Å²) in [6.07, 6.45) is 3.35. The summed E-state index contributed by atoms with van der Waals surface area (Å²) in [5.41, 5.74) is 1.87. The fourth-order valence-electron chi connectivity index (χ4n) is 4.18. The number of amides is 1. The van der Waals surface area contributed by atoms with Crippen molar-refractivity contribution in [2.45, 2.75) is 44.5 Å². The van der Waals surface area contributed by atoms with Crippen LogP contribution in [0.15, 0.2) is 36.7 Å². The van der Waals surface area contributed by atoms with E-state index < -0.39 is 17.7 Å². The van der Waals surface area contributed by atoms with Gasteiger partial charge in [-0.25, -0.2) is 8.91 Å².